The van der Waals surface area contributed by atoms with Gasteiger partial charge in [0, 0.05) is 45.0 Å². The van der Waals surface area contributed by atoms with Gasteiger partial charge in [0.05, 0.1) is 5.41 Å². The molecule has 1 spiro atoms. The fourth-order valence-electron chi connectivity index (χ4n) is 12.1. The maximum absolute atomic E-state index is 6.93. The third kappa shape index (κ3) is 6.21. The molecule has 0 saturated heterocycles. The van der Waals surface area contributed by atoms with Crippen molar-refractivity contribution in [2.45, 2.75) is 5.41 Å². The van der Waals surface area contributed by atoms with Gasteiger partial charge in [-0.15, -0.1) is 0 Å². The largest absolute Gasteiger partial charge is 0.457 e. The lowest BCUT2D eigenvalue weighted by Gasteiger charge is -2.51. The molecular weight excluding hydrogens is 879 g/mol. The molecule has 0 amide bonds. The molecule has 0 N–H and O–H groups in total. The summed E-state index contributed by atoms with van der Waals surface area (Å²) in [6, 6.07) is 99.8. The zero-order chi connectivity index (χ0) is 46.9. The lowest BCUT2D eigenvalue weighted by molar-refractivity contribution is 0.435. The van der Waals surface area contributed by atoms with Gasteiger partial charge in [0.1, 0.15) is 22.7 Å². The van der Waals surface area contributed by atoms with Gasteiger partial charge in [-0.1, -0.05) is 200 Å². The second-order valence-electron chi connectivity index (χ2n) is 18.7. The van der Waals surface area contributed by atoms with Crippen molar-refractivity contribution in [2.24, 2.45) is 0 Å². The van der Waals surface area contributed by atoms with Crippen molar-refractivity contribution in [3.8, 4) is 33.8 Å². The van der Waals surface area contributed by atoms with E-state index in [9.17, 15) is 0 Å². The highest BCUT2D eigenvalue weighted by Crippen LogP contribution is 2.56. The van der Waals surface area contributed by atoms with Crippen LogP contribution in [-0.2, 0) is 5.41 Å². The molecular formula is C67H45NO2Si. The standard InChI is InChI=1S/C67H45NO2Si/c1-5-19-46(20-6-1)47-33-37-51(38-34-47)68(50-21-7-2-8-22-50)52-39-41-56-55-40-35-49(44-63(55)70-64(56)45-52)48-36-42-66-60(43-48)67(57-27-13-16-30-61(57)69-62-31-17-14-28-58(62)67)59-29-15-18-32-65(59)71(66,53-23-9-3-10-24-53)54-25-11-4-12-26-54/h1-45H. The van der Waals surface area contributed by atoms with Crippen LogP contribution in [0, 0.1) is 0 Å². The first-order chi connectivity index (χ1) is 35.2. The van der Waals surface area contributed by atoms with Gasteiger partial charge in [0.25, 0.3) is 0 Å². The molecule has 1 aromatic heterocycles. The molecule has 0 saturated carbocycles. The summed E-state index contributed by atoms with van der Waals surface area (Å²) in [5, 5.41) is 7.65. The van der Waals surface area contributed by atoms with Gasteiger partial charge in [-0.05, 0) is 121 Å². The summed E-state index contributed by atoms with van der Waals surface area (Å²) in [6.45, 7) is 0. The van der Waals surface area contributed by atoms with Crippen molar-refractivity contribution in [3.05, 3.63) is 295 Å². The summed E-state index contributed by atoms with van der Waals surface area (Å²) >= 11 is 0. The summed E-state index contributed by atoms with van der Waals surface area (Å²) in [7, 11) is -2.96. The molecule has 0 fully saturated rings. The normalized spacial score (nSPS) is 13.7. The van der Waals surface area contributed by atoms with Gasteiger partial charge < -0.3 is 14.1 Å². The molecule has 0 unspecified atom stereocenters. The van der Waals surface area contributed by atoms with E-state index in [1.807, 2.05) is 0 Å². The maximum atomic E-state index is 6.93. The van der Waals surface area contributed by atoms with Gasteiger partial charge in [0.15, 0.2) is 8.07 Å². The summed E-state index contributed by atoms with van der Waals surface area (Å²) in [4.78, 5) is 2.30. The number of furan rings is 1. The Kier molecular flexibility index (Phi) is 9.45. The van der Waals surface area contributed by atoms with Crippen molar-refractivity contribution in [2.75, 3.05) is 4.90 Å². The average Bonchev–Trinajstić information content (AvgIpc) is 3.82. The summed E-state index contributed by atoms with van der Waals surface area (Å²) < 4.78 is 13.8. The van der Waals surface area contributed by atoms with E-state index in [0.717, 1.165) is 72.8 Å². The second-order valence-corrected chi connectivity index (χ2v) is 22.4. The zero-order valence-corrected chi connectivity index (χ0v) is 39.7. The van der Waals surface area contributed by atoms with Gasteiger partial charge in [-0.3, -0.25) is 0 Å². The van der Waals surface area contributed by atoms with E-state index in [1.165, 1.54) is 43.0 Å². The Morgan fingerprint density at radius 3 is 1.42 bits per heavy atom. The number of benzene rings is 11. The molecule has 2 aliphatic heterocycles. The Labute approximate surface area is 414 Å². The number of fused-ring (bicyclic) bond motifs is 11. The average molecular weight is 924 g/mol. The van der Waals surface area contributed by atoms with Crippen LogP contribution in [0.5, 0.6) is 11.5 Å². The SMILES string of the molecule is c1ccc(-c2ccc(N(c3ccccc3)c3ccc4c(c3)oc3cc(-c5ccc6c(c5)C5(c7ccccc7Oc7ccccc75)c5ccccc5[Si]6(c5ccccc5)c5ccccc5)ccc34)cc2)cc1. The van der Waals surface area contributed by atoms with Crippen LogP contribution in [0.4, 0.5) is 17.1 Å². The highest BCUT2D eigenvalue weighted by atomic mass is 28.3. The lowest BCUT2D eigenvalue weighted by atomic mass is 9.63. The molecule has 0 aliphatic carbocycles. The monoisotopic (exact) mass is 923 g/mol. The Morgan fingerprint density at radius 2 is 0.761 bits per heavy atom. The molecule has 3 nitrogen and oxygen atoms in total. The molecule has 0 bridgehead atoms. The minimum absolute atomic E-state index is 0.681. The molecule has 71 heavy (non-hydrogen) atoms. The molecule has 0 radical (unpaired) electrons. The first-order valence-electron chi connectivity index (χ1n) is 24.4. The minimum atomic E-state index is -2.96. The second kappa shape index (κ2) is 16.3. The third-order valence-electron chi connectivity index (χ3n) is 15.1. The van der Waals surface area contributed by atoms with Crippen LogP contribution in [0.2, 0.25) is 0 Å². The van der Waals surface area contributed by atoms with Gasteiger partial charge in [0.2, 0.25) is 0 Å². The minimum Gasteiger partial charge on any atom is -0.457 e. The zero-order valence-electron chi connectivity index (χ0n) is 38.7. The first-order valence-corrected chi connectivity index (χ1v) is 26.4. The molecule has 334 valence electrons. The molecule has 0 atom stereocenters. The van der Waals surface area contributed by atoms with E-state index in [4.69, 9.17) is 9.15 Å². The van der Waals surface area contributed by atoms with Gasteiger partial charge in [-0.25, -0.2) is 0 Å². The van der Waals surface area contributed by atoms with E-state index >= 15 is 0 Å². The molecule has 3 heterocycles. The first kappa shape index (κ1) is 41.0. The van der Waals surface area contributed by atoms with Crippen LogP contribution in [0.15, 0.2) is 277 Å². The number of para-hydroxylation sites is 3. The number of hydrogen-bond donors (Lipinski definition) is 0. The predicted molar refractivity (Wildman–Crippen MR) is 295 cm³/mol. The van der Waals surface area contributed by atoms with E-state index in [2.05, 4.69) is 278 Å². The van der Waals surface area contributed by atoms with Crippen LogP contribution >= 0.6 is 0 Å². The molecule has 14 rings (SSSR count). The van der Waals surface area contributed by atoms with Crippen LogP contribution < -0.4 is 30.4 Å². The van der Waals surface area contributed by atoms with Gasteiger partial charge in [-0.2, -0.15) is 0 Å². The van der Waals surface area contributed by atoms with E-state index < -0.39 is 13.5 Å². The Bertz CT molecular complexity index is 3880. The highest BCUT2D eigenvalue weighted by molar-refractivity contribution is 7.20. The Balaban J connectivity index is 0.965. The summed E-state index contributed by atoms with van der Waals surface area (Å²) in [5.74, 6) is 1.76. The molecule has 4 heteroatoms. The number of anilines is 3. The summed E-state index contributed by atoms with van der Waals surface area (Å²) in [6.07, 6.45) is 0. The smallest absolute Gasteiger partial charge is 0.180 e. The number of rotatable bonds is 7. The molecule has 11 aromatic carbocycles. The number of hydrogen-bond acceptors (Lipinski definition) is 3. The van der Waals surface area contributed by atoms with Crippen LogP contribution in [0.1, 0.15) is 22.3 Å². The van der Waals surface area contributed by atoms with E-state index in [1.54, 1.807) is 0 Å². The summed E-state index contributed by atoms with van der Waals surface area (Å²) in [5.41, 5.74) is 13.7. The highest BCUT2D eigenvalue weighted by Gasteiger charge is 2.57. The van der Waals surface area contributed by atoms with Crippen molar-refractivity contribution < 1.29 is 9.15 Å². The van der Waals surface area contributed by atoms with E-state index in [0.29, 0.717) is 0 Å². The van der Waals surface area contributed by atoms with Crippen molar-refractivity contribution in [1.82, 2.24) is 0 Å². The number of ether oxygens (including phenoxy) is 1. The quantitative estimate of drug-likeness (QED) is 0.149. The van der Waals surface area contributed by atoms with Crippen molar-refractivity contribution in [1.29, 1.82) is 0 Å². The maximum Gasteiger partial charge on any atom is 0.180 e. The molecule has 12 aromatic rings. The van der Waals surface area contributed by atoms with Crippen LogP contribution in [0.25, 0.3) is 44.2 Å². The molecule has 2 aliphatic rings. The van der Waals surface area contributed by atoms with Crippen LogP contribution in [-0.4, -0.2) is 8.07 Å². The van der Waals surface area contributed by atoms with E-state index in [-0.39, 0.29) is 0 Å². The van der Waals surface area contributed by atoms with Crippen molar-refractivity contribution >= 4 is 67.8 Å². The topological polar surface area (TPSA) is 25.6 Å². The van der Waals surface area contributed by atoms with Crippen LogP contribution in [0.3, 0.4) is 0 Å². The fourth-order valence-corrected chi connectivity index (χ4v) is 17.3. The Morgan fingerprint density at radius 1 is 0.310 bits per heavy atom. The lowest BCUT2D eigenvalue weighted by Crippen LogP contribution is -2.79. The number of nitrogens with zero attached hydrogens (tertiary/aromatic N) is 1. The predicted octanol–water partition coefficient (Wildman–Crippen LogP) is 14.6. The Hall–Kier alpha value is -8.96. The fraction of sp³-hybridized carbons (Fsp3) is 0.0149. The van der Waals surface area contributed by atoms with Crippen molar-refractivity contribution in [3.63, 3.8) is 0 Å². The van der Waals surface area contributed by atoms with Gasteiger partial charge >= 0.3 is 0 Å². The third-order valence-corrected chi connectivity index (χ3v) is 20.0.